The summed E-state index contributed by atoms with van der Waals surface area (Å²) in [5.74, 6) is -0.538. The van der Waals surface area contributed by atoms with E-state index in [1.807, 2.05) is 111 Å². The van der Waals surface area contributed by atoms with Gasteiger partial charge >= 0.3 is 0 Å². The average Bonchev–Trinajstić information content (AvgIpc) is 3.84. The zero-order chi connectivity index (χ0) is 37.4. The third-order valence-electron chi connectivity index (χ3n) is 9.34. The van der Waals surface area contributed by atoms with E-state index in [9.17, 15) is 0 Å². The van der Waals surface area contributed by atoms with Crippen LogP contribution in [0.2, 0.25) is 19.6 Å². The number of aromatic nitrogens is 3. The Morgan fingerprint density at radius 2 is 1.61 bits per heavy atom. The number of furan rings is 1. The zero-order valence-electron chi connectivity index (χ0n) is 32.9. The Labute approximate surface area is 321 Å². The molecule has 4 nitrogen and oxygen atoms in total. The smallest absolute Gasteiger partial charge is 0.216 e. The van der Waals surface area contributed by atoms with Crippen LogP contribution in [0.4, 0.5) is 0 Å². The summed E-state index contributed by atoms with van der Waals surface area (Å²) < 4.78 is 31.9. The molecule has 8 rings (SSSR count). The zero-order valence-corrected chi connectivity index (χ0v) is 33.3. The molecule has 6 heteroatoms. The van der Waals surface area contributed by atoms with E-state index in [0.29, 0.717) is 11.3 Å². The molecule has 51 heavy (non-hydrogen) atoms. The van der Waals surface area contributed by atoms with Crippen LogP contribution in [0.5, 0.6) is 0 Å². The molecule has 1 saturated carbocycles. The summed E-state index contributed by atoms with van der Waals surface area (Å²) in [5, 5.41) is 3.17. The van der Waals surface area contributed by atoms with Gasteiger partial charge in [0, 0.05) is 47.6 Å². The maximum Gasteiger partial charge on any atom is 0.216 e. The first-order valence-electron chi connectivity index (χ1n) is 19.0. The minimum atomic E-state index is -1.50. The minimum absolute atomic E-state index is 0. The number of hydrogen-bond donors (Lipinski definition) is 0. The third kappa shape index (κ3) is 8.47. The predicted molar refractivity (Wildman–Crippen MR) is 210 cm³/mol. The van der Waals surface area contributed by atoms with Gasteiger partial charge in [-0.15, -0.1) is 59.7 Å². The van der Waals surface area contributed by atoms with Gasteiger partial charge in [-0.2, -0.15) is 0 Å². The summed E-state index contributed by atoms with van der Waals surface area (Å²) in [7, 11) is -1.50. The maximum atomic E-state index is 8.73. The minimum Gasteiger partial charge on any atom is -0.486 e. The molecule has 261 valence electrons. The molecule has 4 aromatic heterocycles. The summed E-state index contributed by atoms with van der Waals surface area (Å²) >= 11 is 0. The van der Waals surface area contributed by atoms with Gasteiger partial charge in [-0.05, 0) is 53.0 Å². The quantitative estimate of drug-likeness (QED) is 0.118. The van der Waals surface area contributed by atoms with E-state index in [-0.39, 0.29) is 26.0 Å². The van der Waals surface area contributed by atoms with E-state index in [2.05, 4.69) is 47.8 Å². The molecule has 3 aromatic carbocycles. The van der Waals surface area contributed by atoms with E-state index >= 15 is 0 Å². The van der Waals surface area contributed by atoms with Crippen molar-refractivity contribution in [2.75, 3.05) is 0 Å². The van der Waals surface area contributed by atoms with Crippen molar-refractivity contribution < 1.29 is 28.6 Å². The van der Waals surface area contributed by atoms with Crippen LogP contribution in [0, 0.1) is 18.1 Å². The molecule has 0 N–H and O–H groups in total. The standard InChI is InChI=1S/C28H23N2O.C17H22NSi.Ir/c1-2-8-21(9-3-1)25-12-11-23-24-18-22(10-13-27(24)31-28(23)30-25)26-17-20(14-15-29-26)16-19-6-4-5-7-19;1-13(2)15-11-16(14-9-7-6-8-10-14)18-12-17(15)19(3,4)5;/h1-3,8-9,11-15,17-19H,4-7,16H2;6-9,11-13H,1-5H3;/q2*-1;/i16D2;13D;. The van der Waals surface area contributed by atoms with Crippen molar-refractivity contribution >= 4 is 35.3 Å². The second-order valence-corrected chi connectivity index (χ2v) is 19.4. The number of pyridine rings is 3. The van der Waals surface area contributed by atoms with Gasteiger partial charge in [0.25, 0.3) is 0 Å². The number of hydrogen-bond acceptors (Lipinski definition) is 4. The van der Waals surface area contributed by atoms with Crippen LogP contribution in [0.1, 0.15) is 60.7 Å². The van der Waals surface area contributed by atoms with Gasteiger partial charge in [-0.3, -0.25) is 0 Å². The van der Waals surface area contributed by atoms with Gasteiger partial charge < -0.3 is 14.4 Å². The molecule has 7 aromatic rings. The summed E-state index contributed by atoms with van der Waals surface area (Å²) in [4.78, 5) is 13.9. The molecule has 1 fully saturated rings. The van der Waals surface area contributed by atoms with E-state index in [4.69, 9.17) is 13.5 Å². The van der Waals surface area contributed by atoms with Gasteiger partial charge in [0.1, 0.15) is 0 Å². The fourth-order valence-electron chi connectivity index (χ4n) is 6.66. The molecular formula is C45H45IrN3OSi-2. The Balaban J connectivity index is 0.000000205. The van der Waals surface area contributed by atoms with Gasteiger partial charge in [0.05, 0.1) is 19.4 Å². The number of nitrogens with zero attached hydrogens (tertiary/aromatic N) is 3. The van der Waals surface area contributed by atoms with E-state index in [1.54, 1.807) is 6.20 Å². The van der Waals surface area contributed by atoms with E-state index in [0.717, 1.165) is 81.4 Å². The monoisotopic (exact) mass is 867 g/mol. The van der Waals surface area contributed by atoms with Crippen molar-refractivity contribution in [1.82, 2.24) is 15.0 Å². The van der Waals surface area contributed by atoms with Crippen LogP contribution in [0.15, 0.2) is 114 Å². The summed E-state index contributed by atoms with van der Waals surface area (Å²) in [6.45, 7) is 10.8. The van der Waals surface area contributed by atoms with Gasteiger partial charge in [-0.25, -0.2) is 4.98 Å². The topological polar surface area (TPSA) is 51.8 Å². The number of rotatable bonds is 7. The fraction of sp³-hybridized carbons (Fsp3) is 0.267. The molecule has 0 spiro atoms. The molecule has 1 radical (unpaired) electrons. The van der Waals surface area contributed by atoms with E-state index < -0.39 is 20.3 Å². The van der Waals surface area contributed by atoms with Crippen LogP contribution in [-0.4, -0.2) is 23.0 Å². The summed E-state index contributed by atoms with van der Waals surface area (Å²) in [5.41, 5.74) is 8.46. The Morgan fingerprint density at radius 1 is 0.843 bits per heavy atom. The van der Waals surface area contributed by atoms with Crippen LogP contribution in [0.3, 0.4) is 0 Å². The Kier molecular flexibility index (Phi) is 10.2. The summed E-state index contributed by atoms with van der Waals surface area (Å²) in [6, 6.07) is 38.1. The number of benzene rings is 3. The van der Waals surface area contributed by atoms with Crippen LogP contribution in [-0.2, 0) is 26.5 Å². The first-order valence-corrected chi connectivity index (χ1v) is 21.0. The molecule has 4 heterocycles. The van der Waals surface area contributed by atoms with Crippen molar-refractivity contribution in [2.24, 2.45) is 5.92 Å². The predicted octanol–water partition coefficient (Wildman–Crippen LogP) is 11.5. The molecule has 0 unspecified atom stereocenters. The van der Waals surface area contributed by atoms with Gasteiger partial charge in [0.15, 0.2) is 0 Å². The molecule has 1 aliphatic carbocycles. The second kappa shape index (κ2) is 16.0. The Hall–Kier alpha value is -4.22. The van der Waals surface area contributed by atoms with Crippen molar-refractivity contribution in [2.45, 2.75) is 71.4 Å². The maximum absolute atomic E-state index is 8.73. The third-order valence-corrected chi connectivity index (χ3v) is 11.4. The average molecular weight is 867 g/mol. The van der Waals surface area contributed by atoms with Crippen LogP contribution in [0.25, 0.3) is 55.8 Å². The van der Waals surface area contributed by atoms with Crippen LogP contribution < -0.4 is 5.19 Å². The molecule has 0 saturated heterocycles. The normalized spacial score (nSPS) is 14.6. The fourth-order valence-corrected chi connectivity index (χ4v) is 8.24. The molecule has 0 amide bonds. The largest absolute Gasteiger partial charge is 0.486 e. The first-order chi connectivity index (χ1) is 25.3. The molecular weight excluding hydrogens is 819 g/mol. The molecule has 1 aliphatic rings. The van der Waals surface area contributed by atoms with Crippen molar-refractivity contribution in [3.63, 3.8) is 0 Å². The van der Waals surface area contributed by atoms with Gasteiger partial charge in [0.2, 0.25) is 5.71 Å². The molecule has 0 bridgehead atoms. The second-order valence-electron chi connectivity index (χ2n) is 14.3. The first kappa shape index (κ1) is 32.7. The van der Waals surface area contributed by atoms with Crippen molar-refractivity contribution in [3.8, 4) is 33.8 Å². The Bertz CT molecular complexity index is 2360. The van der Waals surface area contributed by atoms with Crippen molar-refractivity contribution in [3.05, 3.63) is 133 Å². The molecule has 0 atom stereocenters. The Morgan fingerprint density at radius 3 is 2.33 bits per heavy atom. The van der Waals surface area contributed by atoms with Crippen LogP contribution >= 0.6 is 0 Å². The van der Waals surface area contributed by atoms with Crippen molar-refractivity contribution in [1.29, 1.82) is 0 Å². The van der Waals surface area contributed by atoms with E-state index in [1.165, 1.54) is 5.19 Å². The van der Waals surface area contributed by atoms with Gasteiger partial charge in [-0.1, -0.05) is 118 Å². The summed E-state index contributed by atoms with van der Waals surface area (Å²) in [6.07, 6.45) is 6.45. The SMILES string of the molecule is [2H]C(C)(C)c1cc(-c2[c-]cccc2)ncc1[Si](C)(C)C.[2H]C([2H])(c1ccnc(-c2[c-]cc3oc4nc(-c5ccccc5)ccc4c3c2)c1)C1CCCC1.[Ir]. The number of fused-ring (bicyclic) bond motifs is 3. The molecule has 0 aliphatic heterocycles.